The second-order valence-electron chi connectivity index (χ2n) is 4.62. The second kappa shape index (κ2) is 4.65. The third-order valence-corrected chi connectivity index (χ3v) is 3.62. The van der Waals surface area contributed by atoms with E-state index in [0.29, 0.717) is 5.56 Å². The van der Waals surface area contributed by atoms with E-state index in [2.05, 4.69) is 5.32 Å². The van der Waals surface area contributed by atoms with E-state index in [0.717, 1.165) is 16.9 Å². The smallest absolute Gasteiger partial charge is 0.254 e. The van der Waals surface area contributed by atoms with Crippen LogP contribution in [0.2, 0.25) is 0 Å². The van der Waals surface area contributed by atoms with Crippen molar-refractivity contribution in [2.24, 2.45) is 0 Å². The molecule has 1 aliphatic heterocycles. The Morgan fingerprint density at radius 2 is 1.85 bits per heavy atom. The van der Waals surface area contributed by atoms with Crippen LogP contribution in [0.4, 0.5) is 0 Å². The monoisotopic (exact) mass is 269 g/mol. The van der Waals surface area contributed by atoms with E-state index in [1.165, 1.54) is 0 Å². The number of rotatable bonds is 3. The Balaban J connectivity index is 2.20. The Kier molecular flexibility index (Phi) is 2.95. The molecule has 1 aliphatic rings. The van der Waals surface area contributed by atoms with Gasteiger partial charge in [0.25, 0.3) is 5.91 Å². The largest absolute Gasteiger partial charge is 0.497 e. The van der Waals surface area contributed by atoms with Crippen molar-refractivity contribution in [3.05, 3.63) is 65.2 Å². The Morgan fingerprint density at radius 1 is 1.05 bits per heavy atom. The first-order chi connectivity index (χ1) is 9.71. The van der Waals surface area contributed by atoms with Gasteiger partial charge in [-0.25, -0.2) is 0 Å². The highest BCUT2D eigenvalue weighted by molar-refractivity contribution is 6.00. The average molecular weight is 269 g/mol. The van der Waals surface area contributed by atoms with Gasteiger partial charge in [-0.15, -0.1) is 0 Å². The number of carbonyl (C=O) groups excluding carboxylic acids is 1. The predicted octanol–water partition coefficient (Wildman–Crippen LogP) is 2.29. The van der Waals surface area contributed by atoms with Gasteiger partial charge in [0.2, 0.25) is 0 Å². The van der Waals surface area contributed by atoms with Gasteiger partial charge in [-0.1, -0.05) is 30.3 Å². The molecule has 0 aliphatic carbocycles. The summed E-state index contributed by atoms with van der Waals surface area (Å²) in [5.41, 5.74) is 1.33. The Morgan fingerprint density at radius 3 is 2.60 bits per heavy atom. The van der Waals surface area contributed by atoms with E-state index in [4.69, 9.17) is 9.47 Å². The zero-order valence-corrected chi connectivity index (χ0v) is 11.3. The highest BCUT2D eigenvalue weighted by Gasteiger charge is 2.44. The van der Waals surface area contributed by atoms with Gasteiger partial charge in [0.1, 0.15) is 5.75 Å². The minimum Gasteiger partial charge on any atom is -0.497 e. The number of fused-ring (bicyclic) bond motifs is 1. The Bertz CT molecular complexity index is 668. The van der Waals surface area contributed by atoms with Crippen LogP contribution in [0.3, 0.4) is 0 Å². The van der Waals surface area contributed by atoms with Crippen LogP contribution in [-0.2, 0) is 10.5 Å². The fourth-order valence-electron chi connectivity index (χ4n) is 2.63. The standard InChI is InChI=1S/C16H15NO3/c1-19-12-7-5-6-11(10-12)16(20-2)14-9-4-3-8-13(14)15(18)17-16/h3-10H,1-2H3,(H,17,18). The maximum absolute atomic E-state index is 12.1. The van der Waals surface area contributed by atoms with Crippen LogP contribution < -0.4 is 10.1 Å². The third-order valence-electron chi connectivity index (χ3n) is 3.62. The molecule has 0 fully saturated rings. The fraction of sp³-hybridized carbons (Fsp3) is 0.188. The van der Waals surface area contributed by atoms with E-state index >= 15 is 0 Å². The topological polar surface area (TPSA) is 47.6 Å². The summed E-state index contributed by atoms with van der Waals surface area (Å²) < 4.78 is 10.9. The minimum absolute atomic E-state index is 0.134. The summed E-state index contributed by atoms with van der Waals surface area (Å²) in [6.45, 7) is 0. The molecule has 4 heteroatoms. The van der Waals surface area contributed by atoms with E-state index < -0.39 is 5.72 Å². The van der Waals surface area contributed by atoms with Crippen molar-refractivity contribution >= 4 is 5.91 Å². The molecule has 4 nitrogen and oxygen atoms in total. The molecule has 1 heterocycles. The molecule has 1 atom stereocenters. The molecular weight excluding hydrogens is 254 g/mol. The van der Waals surface area contributed by atoms with Crippen LogP contribution in [-0.4, -0.2) is 20.1 Å². The number of benzene rings is 2. The van der Waals surface area contributed by atoms with Crippen LogP contribution in [0.1, 0.15) is 21.5 Å². The maximum atomic E-state index is 12.1. The number of nitrogens with one attached hydrogen (secondary N) is 1. The predicted molar refractivity (Wildman–Crippen MR) is 74.7 cm³/mol. The quantitative estimate of drug-likeness (QED) is 0.930. The zero-order chi connectivity index (χ0) is 14.2. The fourth-order valence-corrected chi connectivity index (χ4v) is 2.63. The molecule has 2 aromatic rings. The first-order valence-electron chi connectivity index (χ1n) is 6.33. The SMILES string of the molecule is COc1cccc(C2(OC)NC(=O)c3ccccc32)c1. The second-order valence-corrected chi connectivity index (χ2v) is 4.62. The van der Waals surface area contributed by atoms with Gasteiger partial charge in [-0.3, -0.25) is 4.79 Å². The van der Waals surface area contributed by atoms with Crippen LogP contribution in [0.5, 0.6) is 5.75 Å². The lowest BCUT2D eigenvalue weighted by atomic mass is 9.94. The van der Waals surface area contributed by atoms with E-state index in [-0.39, 0.29) is 5.91 Å². The van der Waals surface area contributed by atoms with Gasteiger partial charge >= 0.3 is 0 Å². The van der Waals surface area contributed by atoms with E-state index in [9.17, 15) is 4.79 Å². The first kappa shape index (κ1) is 12.7. The molecule has 1 unspecified atom stereocenters. The van der Waals surface area contributed by atoms with Crippen molar-refractivity contribution in [2.45, 2.75) is 5.72 Å². The number of ether oxygens (including phenoxy) is 2. The number of carbonyl (C=O) groups is 1. The molecule has 2 aromatic carbocycles. The molecule has 0 saturated carbocycles. The molecule has 3 rings (SSSR count). The summed E-state index contributed by atoms with van der Waals surface area (Å²) in [5, 5.41) is 2.93. The van der Waals surface area contributed by atoms with Gasteiger partial charge in [0.05, 0.1) is 7.11 Å². The van der Waals surface area contributed by atoms with Crippen LogP contribution >= 0.6 is 0 Å². The van der Waals surface area contributed by atoms with Gasteiger partial charge in [0.15, 0.2) is 5.72 Å². The molecular formula is C16H15NO3. The molecule has 0 bridgehead atoms. The van der Waals surface area contributed by atoms with Gasteiger partial charge in [-0.2, -0.15) is 0 Å². The van der Waals surface area contributed by atoms with Crippen molar-refractivity contribution in [2.75, 3.05) is 14.2 Å². The molecule has 0 saturated heterocycles. The molecule has 1 amide bonds. The van der Waals surface area contributed by atoms with Crippen molar-refractivity contribution in [1.82, 2.24) is 5.32 Å². The van der Waals surface area contributed by atoms with Crippen molar-refractivity contribution < 1.29 is 14.3 Å². The van der Waals surface area contributed by atoms with Crippen molar-refractivity contribution in [3.63, 3.8) is 0 Å². The van der Waals surface area contributed by atoms with Gasteiger partial charge in [0, 0.05) is 23.8 Å². The Labute approximate surface area is 117 Å². The summed E-state index contributed by atoms with van der Waals surface area (Å²) in [7, 11) is 3.20. The molecule has 20 heavy (non-hydrogen) atoms. The third kappa shape index (κ3) is 1.69. The number of amides is 1. The maximum Gasteiger partial charge on any atom is 0.254 e. The van der Waals surface area contributed by atoms with Crippen LogP contribution in [0, 0.1) is 0 Å². The minimum atomic E-state index is -0.956. The Hall–Kier alpha value is -2.33. The van der Waals surface area contributed by atoms with E-state index in [1.807, 2.05) is 42.5 Å². The molecule has 1 N–H and O–H groups in total. The lowest BCUT2D eigenvalue weighted by molar-refractivity contribution is 0.00321. The number of methoxy groups -OCH3 is 2. The molecule has 0 radical (unpaired) electrons. The summed E-state index contributed by atoms with van der Waals surface area (Å²) in [6.07, 6.45) is 0. The van der Waals surface area contributed by atoms with E-state index in [1.54, 1.807) is 20.3 Å². The summed E-state index contributed by atoms with van der Waals surface area (Å²) >= 11 is 0. The highest BCUT2D eigenvalue weighted by Crippen LogP contribution is 2.38. The van der Waals surface area contributed by atoms with Crippen LogP contribution in [0.25, 0.3) is 0 Å². The highest BCUT2D eigenvalue weighted by atomic mass is 16.5. The first-order valence-corrected chi connectivity index (χ1v) is 6.33. The summed E-state index contributed by atoms with van der Waals surface area (Å²) in [4.78, 5) is 12.1. The number of hydrogen-bond acceptors (Lipinski definition) is 3. The molecule has 0 aromatic heterocycles. The van der Waals surface area contributed by atoms with Crippen molar-refractivity contribution in [3.8, 4) is 5.75 Å². The molecule has 102 valence electrons. The van der Waals surface area contributed by atoms with Gasteiger partial charge < -0.3 is 14.8 Å². The van der Waals surface area contributed by atoms with Crippen LogP contribution in [0.15, 0.2) is 48.5 Å². The van der Waals surface area contributed by atoms with Gasteiger partial charge in [-0.05, 0) is 18.2 Å². The normalized spacial score (nSPS) is 20.4. The number of hydrogen-bond donors (Lipinski definition) is 1. The van der Waals surface area contributed by atoms with Crippen molar-refractivity contribution in [1.29, 1.82) is 0 Å². The molecule has 0 spiro atoms. The summed E-state index contributed by atoms with van der Waals surface area (Å²) in [5.74, 6) is 0.586. The average Bonchev–Trinajstić information content (AvgIpc) is 2.81. The lowest BCUT2D eigenvalue weighted by Crippen LogP contribution is -2.42. The lowest BCUT2D eigenvalue weighted by Gasteiger charge is -2.29. The summed E-state index contributed by atoms with van der Waals surface area (Å²) in [6, 6.07) is 14.9. The zero-order valence-electron chi connectivity index (χ0n) is 11.3.